The second kappa shape index (κ2) is 5.85. The van der Waals surface area contributed by atoms with Crippen molar-refractivity contribution in [3.63, 3.8) is 0 Å². The second-order valence-corrected chi connectivity index (χ2v) is 6.06. The summed E-state index contributed by atoms with van der Waals surface area (Å²) in [7, 11) is 2.01. The molecule has 1 aromatic rings. The fourth-order valence-electron chi connectivity index (χ4n) is 3.41. The molecule has 1 aliphatic heterocycles. The van der Waals surface area contributed by atoms with E-state index in [0.717, 1.165) is 38.5 Å². The first kappa shape index (κ1) is 13.5. The smallest absolute Gasteiger partial charge is 0.222 e. The Kier molecular flexibility index (Phi) is 3.94. The Hall–Kier alpha value is -1.52. The molecule has 0 aromatic carbocycles. The molecule has 3 rings (SSSR count). The van der Waals surface area contributed by atoms with Crippen LogP contribution in [-0.4, -0.2) is 46.5 Å². The molecule has 0 spiro atoms. The van der Waals surface area contributed by atoms with Gasteiger partial charge in [0.2, 0.25) is 11.9 Å². The van der Waals surface area contributed by atoms with Crippen LogP contribution in [0.1, 0.15) is 32.1 Å². The second-order valence-electron chi connectivity index (χ2n) is 6.06. The lowest BCUT2D eigenvalue weighted by Gasteiger charge is -2.35. The third kappa shape index (κ3) is 2.81. The molecule has 1 saturated carbocycles. The Morgan fingerprint density at radius 1 is 1.25 bits per heavy atom. The van der Waals surface area contributed by atoms with Gasteiger partial charge in [-0.3, -0.25) is 4.79 Å². The molecule has 0 radical (unpaired) electrons. The van der Waals surface area contributed by atoms with Crippen molar-refractivity contribution in [2.75, 3.05) is 31.1 Å². The minimum Gasteiger partial charge on any atom is -0.339 e. The van der Waals surface area contributed by atoms with Gasteiger partial charge in [0.25, 0.3) is 0 Å². The van der Waals surface area contributed by atoms with Crippen molar-refractivity contribution in [3.8, 4) is 0 Å². The van der Waals surface area contributed by atoms with E-state index in [0.29, 0.717) is 11.8 Å². The molecule has 2 aliphatic rings. The van der Waals surface area contributed by atoms with E-state index in [4.69, 9.17) is 0 Å². The third-order valence-electron chi connectivity index (χ3n) is 4.65. The predicted octanol–water partition coefficient (Wildman–Crippen LogP) is 1.65. The van der Waals surface area contributed by atoms with E-state index in [-0.39, 0.29) is 0 Å². The first-order valence-corrected chi connectivity index (χ1v) is 7.74. The van der Waals surface area contributed by atoms with Gasteiger partial charge in [-0.2, -0.15) is 0 Å². The molecular formula is C15H24N4O. The van der Waals surface area contributed by atoms with Crippen LogP contribution in [-0.2, 0) is 11.8 Å². The van der Waals surface area contributed by atoms with E-state index < -0.39 is 0 Å². The first-order chi connectivity index (χ1) is 9.74. The number of hydrogen-bond acceptors (Lipinski definition) is 3. The van der Waals surface area contributed by atoms with E-state index in [1.54, 1.807) is 0 Å². The van der Waals surface area contributed by atoms with Crippen LogP contribution in [0.2, 0.25) is 0 Å². The molecular weight excluding hydrogens is 252 g/mol. The molecule has 2 heterocycles. The summed E-state index contributed by atoms with van der Waals surface area (Å²) in [6, 6.07) is 0. The zero-order valence-corrected chi connectivity index (χ0v) is 12.3. The van der Waals surface area contributed by atoms with Gasteiger partial charge in [0.1, 0.15) is 0 Å². The van der Waals surface area contributed by atoms with Crippen molar-refractivity contribution in [3.05, 3.63) is 12.4 Å². The molecule has 20 heavy (non-hydrogen) atoms. The minimum atomic E-state index is 0.358. The number of rotatable bonds is 3. The Balaban J connectivity index is 1.50. The Morgan fingerprint density at radius 2 is 1.95 bits per heavy atom. The zero-order valence-electron chi connectivity index (χ0n) is 12.3. The number of aromatic nitrogens is 2. The van der Waals surface area contributed by atoms with Crippen molar-refractivity contribution >= 4 is 11.9 Å². The van der Waals surface area contributed by atoms with Gasteiger partial charge in [-0.25, -0.2) is 4.98 Å². The number of hydrogen-bond donors (Lipinski definition) is 0. The summed E-state index contributed by atoms with van der Waals surface area (Å²) >= 11 is 0. The topological polar surface area (TPSA) is 41.4 Å². The van der Waals surface area contributed by atoms with Gasteiger partial charge in [0.15, 0.2) is 0 Å². The summed E-state index contributed by atoms with van der Waals surface area (Å²) in [5.74, 6) is 2.01. The Labute approximate surface area is 120 Å². The fourth-order valence-corrected chi connectivity index (χ4v) is 3.41. The number of carbonyl (C=O) groups excluding carboxylic acids is 1. The van der Waals surface area contributed by atoms with Gasteiger partial charge in [0.05, 0.1) is 0 Å². The van der Waals surface area contributed by atoms with E-state index in [1.807, 2.05) is 28.9 Å². The molecule has 5 heteroatoms. The molecule has 2 fully saturated rings. The first-order valence-electron chi connectivity index (χ1n) is 7.74. The van der Waals surface area contributed by atoms with E-state index in [9.17, 15) is 4.79 Å². The average Bonchev–Trinajstić information content (AvgIpc) is 3.10. The summed E-state index contributed by atoms with van der Waals surface area (Å²) in [5.41, 5.74) is 0. The highest BCUT2D eigenvalue weighted by Crippen LogP contribution is 2.28. The largest absolute Gasteiger partial charge is 0.339 e. The van der Waals surface area contributed by atoms with Crippen LogP contribution in [0.5, 0.6) is 0 Å². The highest BCUT2D eigenvalue weighted by Gasteiger charge is 2.26. The molecule has 1 amide bonds. The SMILES string of the molecule is Cn1ccnc1N1CCN(C(=O)CC2CCCC2)CC1. The van der Waals surface area contributed by atoms with Gasteiger partial charge in [-0.1, -0.05) is 12.8 Å². The maximum absolute atomic E-state index is 12.3. The standard InChI is InChI=1S/C15H24N4O/c1-17-7-6-16-15(17)19-10-8-18(9-11-19)14(20)12-13-4-2-3-5-13/h6-7,13H,2-5,8-12H2,1H3. The van der Waals surface area contributed by atoms with Gasteiger partial charge in [-0.15, -0.1) is 0 Å². The lowest BCUT2D eigenvalue weighted by molar-refractivity contribution is -0.132. The molecule has 1 saturated heterocycles. The number of imidazole rings is 1. The summed E-state index contributed by atoms with van der Waals surface area (Å²) in [5, 5.41) is 0. The molecule has 0 bridgehead atoms. The predicted molar refractivity (Wildman–Crippen MR) is 78.6 cm³/mol. The van der Waals surface area contributed by atoms with E-state index >= 15 is 0 Å². The summed E-state index contributed by atoms with van der Waals surface area (Å²) in [4.78, 5) is 21.0. The zero-order chi connectivity index (χ0) is 13.9. The summed E-state index contributed by atoms with van der Waals surface area (Å²) in [6.45, 7) is 3.44. The average molecular weight is 276 g/mol. The van der Waals surface area contributed by atoms with Crippen LogP contribution in [0.4, 0.5) is 5.95 Å². The Bertz CT molecular complexity index is 456. The van der Waals surface area contributed by atoms with Crippen LogP contribution in [0.15, 0.2) is 12.4 Å². The summed E-state index contributed by atoms with van der Waals surface area (Å²) in [6.07, 6.45) is 9.68. The van der Waals surface area contributed by atoms with Crippen molar-refractivity contribution < 1.29 is 4.79 Å². The van der Waals surface area contributed by atoms with Gasteiger partial charge in [-0.05, 0) is 18.8 Å². The normalized spacial score (nSPS) is 20.6. The van der Waals surface area contributed by atoms with Crippen LogP contribution in [0.3, 0.4) is 0 Å². The van der Waals surface area contributed by atoms with Crippen LogP contribution < -0.4 is 4.90 Å². The molecule has 1 aliphatic carbocycles. The van der Waals surface area contributed by atoms with Gasteiger partial charge < -0.3 is 14.4 Å². The Morgan fingerprint density at radius 3 is 2.55 bits per heavy atom. The number of anilines is 1. The number of amides is 1. The van der Waals surface area contributed by atoms with Crippen LogP contribution >= 0.6 is 0 Å². The highest BCUT2D eigenvalue weighted by atomic mass is 16.2. The third-order valence-corrected chi connectivity index (χ3v) is 4.65. The maximum atomic E-state index is 12.3. The van der Waals surface area contributed by atoms with Crippen molar-refractivity contribution in [1.29, 1.82) is 0 Å². The number of aryl methyl sites for hydroxylation is 1. The molecule has 110 valence electrons. The van der Waals surface area contributed by atoms with E-state index in [2.05, 4.69) is 9.88 Å². The molecule has 0 N–H and O–H groups in total. The van der Waals surface area contributed by atoms with Gasteiger partial charge >= 0.3 is 0 Å². The lowest BCUT2D eigenvalue weighted by atomic mass is 10.0. The van der Waals surface area contributed by atoms with Crippen LogP contribution in [0, 0.1) is 5.92 Å². The van der Waals surface area contributed by atoms with Crippen molar-refractivity contribution in [1.82, 2.24) is 14.5 Å². The monoisotopic (exact) mass is 276 g/mol. The molecule has 5 nitrogen and oxygen atoms in total. The lowest BCUT2D eigenvalue weighted by Crippen LogP contribution is -2.49. The highest BCUT2D eigenvalue weighted by molar-refractivity contribution is 5.76. The quantitative estimate of drug-likeness (QED) is 0.843. The maximum Gasteiger partial charge on any atom is 0.222 e. The van der Waals surface area contributed by atoms with Crippen LogP contribution in [0.25, 0.3) is 0 Å². The summed E-state index contributed by atoms with van der Waals surface area (Å²) < 4.78 is 2.04. The molecule has 1 aromatic heterocycles. The number of carbonyl (C=O) groups is 1. The minimum absolute atomic E-state index is 0.358. The molecule has 0 atom stereocenters. The van der Waals surface area contributed by atoms with Gasteiger partial charge in [0, 0.05) is 52.0 Å². The van der Waals surface area contributed by atoms with Crippen molar-refractivity contribution in [2.24, 2.45) is 13.0 Å². The van der Waals surface area contributed by atoms with E-state index in [1.165, 1.54) is 25.7 Å². The molecule has 0 unspecified atom stereocenters. The number of nitrogens with zero attached hydrogens (tertiary/aromatic N) is 4. The fraction of sp³-hybridized carbons (Fsp3) is 0.733. The number of piperazine rings is 1. The van der Waals surface area contributed by atoms with Crippen molar-refractivity contribution in [2.45, 2.75) is 32.1 Å².